The highest BCUT2D eigenvalue weighted by Crippen LogP contribution is 2.28. The molecular weight excluding hydrogens is 304 g/mol. The number of likely N-dealkylation sites (tertiary alicyclic amines) is 1. The maximum Gasteiger partial charge on any atom is 0.239 e. The molecule has 24 heavy (non-hydrogen) atoms. The van der Waals surface area contributed by atoms with Gasteiger partial charge in [-0.25, -0.2) is 0 Å². The highest BCUT2D eigenvalue weighted by atomic mass is 16.5. The van der Waals surface area contributed by atoms with E-state index >= 15 is 0 Å². The van der Waals surface area contributed by atoms with Crippen LogP contribution in [0.5, 0.6) is 0 Å². The zero-order valence-corrected chi connectivity index (χ0v) is 14.5. The predicted molar refractivity (Wildman–Crippen MR) is 92.6 cm³/mol. The molecule has 1 N–H and O–H groups in total. The molecule has 2 heterocycles. The number of hydrogen-bond donors (Lipinski definition) is 1. The average Bonchev–Trinajstić information content (AvgIpc) is 2.59. The van der Waals surface area contributed by atoms with Crippen molar-refractivity contribution in [1.82, 2.24) is 15.1 Å². The number of nitrogens with zero attached hydrogens (tertiary/aromatic N) is 3. The Morgan fingerprint density at radius 2 is 1.92 bits per heavy atom. The Kier molecular flexibility index (Phi) is 6.15. The Bertz CT molecular complexity index is 509. The lowest BCUT2D eigenvalue weighted by atomic mass is 9.88. The molecule has 0 bridgehead atoms. The molecule has 1 saturated carbocycles. The fourth-order valence-corrected chi connectivity index (χ4v) is 3.59. The lowest BCUT2D eigenvalue weighted by Gasteiger charge is -2.35. The summed E-state index contributed by atoms with van der Waals surface area (Å²) >= 11 is 0. The molecule has 0 radical (unpaired) electrons. The summed E-state index contributed by atoms with van der Waals surface area (Å²) in [5.41, 5.74) is 0. The molecule has 132 valence electrons. The molecule has 6 nitrogen and oxygen atoms in total. The van der Waals surface area contributed by atoms with Gasteiger partial charge in [-0.1, -0.05) is 6.92 Å². The molecule has 0 atom stereocenters. The second-order valence-corrected chi connectivity index (χ2v) is 7.15. The minimum absolute atomic E-state index is 0.0314. The summed E-state index contributed by atoms with van der Waals surface area (Å²) in [4.78, 5) is 14.2. The van der Waals surface area contributed by atoms with E-state index in [0.717, 1.165) is 31.8 Å². The first kappa shape index (κ1) is 17.3. The van der Waals surface area contributed by atoms with Crippen molar-refractivity contribution in [2.45, 2.75) is 57.7 Å². The van der Waals surface area contributed by atoms with Gasteiger partial charge in [0.25, 0.3) is 0 Å². The first-order valence-corrected chi connectivity index (χ1v) is 9.14. The van der Waals surface area contributed by atoms with Crippen LogP contribution in [0.4, 0.5) is 5.82 Å². The topological polar surface area (TPSA) is 67.3 Å². The van der Waals surface area contributed by atoms with Crippen molar-refractivity contribution in [3.05, 3.63) is 18.3 Å². The fraction of sp³-hybridized carbons (Fsp3) is 0.722. The number of amides is 1. The van der Waals surface area contributed by atoms with Gasteiger partial charge in [0.1, 0.15) is 0 Å². The Balaban J connectivity index is 1.35. The molecule has 6 heteroatoms. The van der Waals surface area contributed by atoms with Crippen LogP contribution < -0.4 is 5.32 Å². The van der Waals surface area contributed by atoms with Crippen LogP contribution in [0.3, 0.4) is 0 Å². The molecule has 1 aliphatic heterocycles. The number of hydrogen-bond acceptors (Lipinski definition) is 5. The van der Waals surface area contributed by atoms with Gasteiger partial charge < -0.3 is 10.1 Å². The second-order valence-electron chi connectivity index (χ2n) is 7.15. The molecule has 0 aromatic carbocycles. The maximum absolute atomic E-state index is 12.1. The van der Waals surface area contributed by atoms with E-state index in [-0.39, 0.29) is 5.91 Å². The molecule has 2 fully saturated rings. The standard InChI is InChI=1S/C18H28N4O2/c1-14-4-6-15(7-5-14)24-16-8-11-22(12-9-16)13-18(23)20-17-3-2-10-19-21-17/h2-3,10,14-16H,4-9,11-13H2,1H3,(H,20,21,23). The summed E-state index contributed by atoms with van der Waals surface area (Å²) in [6, 6.07) is 3.51. The monoisotopic (exact) mass is 332 g/mol. The minimum atomic E-state index is -0.0314. The average molecular weight is 332 g/mol. The summed E-state index contributed by atoms with van der Waals surface area (Å²) in [6.45, 7) is 4.58. The van der Waals surface area contributed by atoms with Crippen LogP contribution in [0, 0.1) is 5.92 Å². The molecule has 0 unspecified atom stereocenters. The Labute approximate surface area is 144 Å². The SMILES string of the molecule is CC1CCC(OC2CCN(CC(=O)Nc3cccnn3)CC2)CC1. The zero-order chi connectivity index (χ0) is 16.8. The highest BCUT2D eigenvalue weighted by molar-refractivity contribution is 5.91. The van der Waals surface area contributed by atoms with Gasteiger partial charge in [-0.2, -0.15) is 5.10 Å². The number of anilines is 1. The number of nitrogens with one attached hydrogen (secondary N) is 1. The van der Waals surface area contributed by atoms with Crippen molar-refractivity contribution < 1.29 is 9.53 Å². The number of carbonyl (C=O) groups is 1. The second kappa shape index (κ2) is 8.53. The fourth-order valence-electron chi connectivity index (χ4n) is 3.59. The predicted octanol–water partition coefficient (Wildman–Crippen LogP) is 2.47. The van der Waals surface area contributed by atoms with Crippen molar-refractivity contribution in [3.63, 3.8) is 0 Å². The molecule has 2 aliphatic rings. The van der Waals surface area contributed by atoms with Crippen LogP contribution >= 0.6 is 0 Å². The number of carbonyl (C=O) groups excluding carboxylic acids is 1. The lowest BCUT2D eigenvalue weighted by Crippen LogP contribution is -2.42. The summed E-state index contributed by atoms with van der Waals surface area (Å²) in [6.07, 6.45) is 9.46. The van der Waals surface area contributed by atoms with E-state index < -0.39 is 0 Å². The summed E-state index contributed by atoms with van der Waals surface area (Å²) in [5, 5.41) is 10.4. The number of piperidine rings is 1. The van der Waals surface area contributed by atoms with E-state index in [1.165, 1.54) is 25.7 Å². The third-order valence-electron chi connectivity index (χ3n) is 5.09. The lowest BCUT2D eigenvalue weighted by molar-refractivity contribution is -0.118. The molecule has 1 aromatic rings. The van der Waals surface area contributed by atoms with Crippen molar-refractivity contribution in [2.75, 3.05) is 25.0 Å². The first-order valence-electron chi connectivity index (χ1n) is 9.14. The largest absolute Gasteiger partial charge is 0.375 e. The van der Waals surface area contributed by atoms with Gasteiger partial charge in [0.2, 0.25) is 5.91 Å². The van der Waals surface area contributed by atoms with E-state index in [2.05, 4.69) is 27.3 Å². The minimum Gasteiger partial charge on any atom is -0.375 e. The van der Waals surface area contributed by atoms with Gasteiger partial charge in [0.15, 0.2) is 5.82 Å². The Hall–Kier alpha value is -1.53. The van der Waals surface area contributed by atoms with Gasteiger partial charge in [-0.05, 0) is 56.6 Å². The van der Waals surface area contributed by atoms with Gasteiger partial charge in [0, 0.05) is 19.3 Å². The van der Waals surface area contributed by atoms with E-state index in [0.29, 0.717) is 24.6 Å². The van der Waals surface area contributed by atoms with Gasteiger partial charge >= 0.3 is 0 Å². The third kappa shape index (κ3) is 5.24. The van der Waals surface area contributed by atoms with Crippen molar-refractivity contribution in [2.24, 2.45) is 5.92 Å². The molecule has 1 aliphatic carbocycles. The highest BCUT2D eigenvalue weighted by Gasteiger charge is 2.26. The van der Waals surface area contributed by atoms with Crippen LogP contribution in [0.25, 0.3) is 0 Å². The van der Waals surface area contributed by atoms with E-state index in [4.69, 9.17) is 4.74 Å². The van der Waals surface area contributed by atoms with E-state index in [1.54, 1.807) is 18.3 Å². The van der Waals surface area contributed by atoms with Crippen LogP contribution in [-0.2, 0) is 9.53 Å². The van der Waals surface area contributed by atoms with Crippen molar-refractivity contribution in [1.29, 1.82) is 0 Å². The number of ether oxygens (including phenoxy) is 1. The van der Waals surface area contributed by atoms with Crippen LogP contribution in [0.1, 0.15) is 45.4 Å². The van der Waals surface area contributed by atoms with Crippen LogP contribution in [-0.4, -0.2) is 52.8 Å². The summed E-state index contributed by atoms with van der Waals surface area (Å²) in [7, 11) is 0. The van der Waals surface area contributed by atoms with Crippen LogP contribution in [0.15, 0.2) is 18.3 Å². The molecular formula is C18H28N4O2. The Morgan fingerprint density at radius 1 is 1.21 bits per heavy atom. The van der Waals surface area contributed by atoms with Gasteiger partial charge in [-0.15, -0.1) is 5.10 Å². The zero-order valence-electron chi connectivity index (χ0n) is 14.5. The molecule has 1 aromatic heterocycles. The van der Waals surface area contributed by atoms with Crippen molar-refractivity contribution >= 4 is 11.7 Å². The van der Waals surface area contributed by atoms with Gasteiger partial charge in [-0.3, -0.25) is 9.69 Å². The Morgan fingerprint density at radius 3 is 2.58 bits per heavy atom. The number of rotatable bonds is 5. The maximum atomic E-state index is 12.1. The van der Waals surface area contributed by atoms with Gasteiger partial charge in [0.05, 0.1) is 18.8 Å². The van der Waals surface area contributed by atoms with Crippen LogP contribution in [0.2, 0.25) is 0 Å². The molecule has 0 spiro atoms. The van der Waals surface area contributed by atoms with E-state index in [9.17, 15) is 4.79 Å². The summed E-state index contributed by atoms with van der Waals surface area (Å²) in [5.74, 6) is 1.34. The third-order valence-corrected chi connectivity index (χ3v) is 5.09. The van der Waals surface area contributed by atoms with E-state index in [1.807, 2.05) is 0 Å². The number of aromatic nitrogens is 2. The molecule has 3 rings (SSSR count). The summed E-state index contributed by atoms with van der Waals surface area (Å²) < 4.78 is 6.28. The normalized spacial score (nSPS) is 26.2. The molecule has 1 amide bonds. The first-order chi connectivity index (χ1) is 11.7. The molecule has 1 saturated heterocycles. The van der Waals surface area contributed by atoms with Crippen molar-refractivity contribution in [3.8, 4) is 0 Å². The smallest absolute Gasteiger partial charge is 0.239 e. The quantitative estimate of drug-likeness (QED) is 0.897.